The monoisotopic (exact) mass is 286 g/mol. The van der Waals surface area contributed by atoms with E-state index in [0.29, 0.717) is 5.75 Å². The summed E-state index contributed by atoms with van der Waals surface area (Å²) < 4.78 is 5.96. The van der Waals surface area contributed by atoms with Crippen molar-refractivity contribution >= 4 is 21.9 Å². The zero-order valence-corrected chi connectivity index (χ0v) is 11.4. The number of carboxylic acid groups (broad SMARTS) is 1. The van der Waals surface area contributed by atoms with Gasteiger partial charge in [-0.25, -0.2) is 4.79 Å². The first-order chi connectivity index (χ1) is 7.27. The van der Waals surface area contributed by atoms with E-state index in [-0.39, 0.29) is 11.0 Å². The second-order valence-corrected chi connectivity index (χ2v) is 5.50. The molecule has 1 aromatic carbocycles. The number of rotatable bonds is 2. The first kappa shape index (κ1) is 13.0. The molecule has 0 aromatic heterocycles. The van der Waals surface area contributed by atoms with E-state index in [1.807, 2.05) is 26.8 Å². The summed E-state index contributed by atoms with van der Waals surface area (Å²) in [5, 5.41) is 9.11. The third-order valence-electron chi connectivity index (χ3n) is 2.30. The van der Waals surface area contributed by atoms with Crippen molar-refractivity contribution in [2.24, 2.45) is 0 Å². The first-order valence-corrected chi connectivity index (χ1v) is 5.68. The Hall–Kier alpha value is -1.03. The highest BCUT2D eigenvalue weighted by atomic mass is 79.9. The van der Waals surface area contributed by atoms with E-state index < -0.39 is 5.97 Å². The van der Waals surface area contributed by atoms with E-state index in [1.54, 1.807) is 6.07 Å². The lowest BCUT2D eigenvalue weighted by molar-refractivity contribution is 0.0693. The Morgan fingerprint density at radius 2 is 1.94 bits per heavy atom. The standard InChI is InChI=1S/C12H15BrO3/c1-12(2,3)9-6-7(13)5-8(11(14)15)10(9)16-4/h5-6H,1-4H3,(H,14,15). The molecule has 16 heavy (non-hydrogen) atoms. The predicted octanol–water partition coefficient (Wildman–Crippen LogP) is 3.45. The molecule has 0 amide bonds. The first-order valence-electron chi connectivity index (χ1n) is 4.88. The van der Waals surface area contributed by atoms with Gasteiger partial charge in [-0.1, -0.05) is 36.7 Å². The van der Waals surface area contributed by atoms with E-state index in [4.69, 9.17) is 9.84 Å². The molecular weight excluding hydrogens is 272 g/mol. The van der Waals surface area contributed by atoms with Crippen LogP contribution in [0.15, 0.2) is 16.6 Å². The van der Waals surface area contributed by atoms with Gasteiger partial charge in [-0.2, -0.15) is 0 Å². The molecule has 0 aliphatic rings. The number of hydrogen-bond donors (Lipinski definition) is 1. The van der Waals surface area contributed by atoms with Gasteiger partial charge in [-0.3, -0.25) is 0 Å². The summed E-state index contributed by atoms with van der Waals surface area (Å²) in [4.78, 5) is 11.1. The van der Waals surface area contributed by atoms with Gasteiger partial charge in [0, 0.05) is 10.0 Å². The van der Waals surface area contributed by atoms with Crippen molar-refractivity contribution in [3.63, 3.8) is 0 Å². The number of benzene rings is 1. The molecule has 1 rings (SSSR count). The lowest BCUT2D eigenvalue weighted by atomic mass is 9.85. The van der Waals surface area contributed by atoms with Crippen LogP contribution in [-0.2, 0) is 5.41 Å². The lowest BCUT2D eigenvalue weighted by Crippen LogP contribution is -2.15. The van der Waals surface area contributed by atoms with E-state index in [9.17, 15) is 4.79 Å². The van der Waals surface area contributed by atoms with Crippen molar-refractivity contribution < 1.29 is 14.6 Å². The summed E-state index contributed by atoms with van der Waals surface area (Å²) in [6, 6.07) is 3.45. The van der Waals surface area contributed by atoms with Crippen LogP contribution in [0.3, 0.4) is 0 Å². The fraction of sp³-hybridized carbons (Fsp3) is 0.417. The Morgan fingerprint density at radius 3 is 2.31 bits per heavy atom. The smallest absolute Gasteiger partial charge is 0.339 e. The highest BCUT2D eigenvalue weighted by Crippen LogP contribution is 2.36. The molecular formula is C12H15BrO3. The maximum atomic E-state index is 11.1. The van der Waals surface area contributed by atoms with E-state index >= 15 is 0 Å². The zero-order valence-electron chi connectivity index (χ0n) is 9.80. The molecule has 1 aromatic rings. The van der Waals surface area contributed by atoms with Crippen LogP contribution in [0, 0.1) is 0 Å². The van der Waals surface area contributed by atoms with Gasteiger partial charge in [0.15, 0.2) is 0 Å². The summed E-state index contributed by atoms with van der Waals surface area (Å²) in [5.41, 5.74) is 0.892. The van der Waals surface area contributed by atoms with Gasteiger partial charge in [0.25, 0.3) is 0 Å². The molecule has 0 bridgehead atoms. The molecule has 0 spiro atoms. The minimum atomic E-state index is -0.983. The summed E-state index contributed by atoms with van der Waals surface area (Å²) in [6.07, 6.45) is 0. The van der Waals surface area contributed by atoms with Gasteiger partial charge in [0.05, 0.1) is 7.11 Å². The number of aromatic carboxylic acids is 1. The lowest BCUT2D eigenvalue weighted by Gasteiger charge is -2.23. The number of carbonyl (C=O) groups is 1. The highest BCUT2D eigenvalue weighted by molar-refractivity contribution is 9.10. The van der Waals surface area contributed by atoms with Gasteiger partial charge in [-0.15, -0.1) is 0 Å². The van der Waals surface area contributed by atoms with Crippen molar-refractivity contribution in [2.75, 3.05) is 7.11 Å². The second-order valence-electron chi connectivity index (χ2n) is 4.59. The van der Waals surface area contributed by atoms with Crippen LogP contribution in [-0.4, -0.2) is 18.2 Å². The Kier molecular flexibility index (Phi) is 3.63. The maximum Gasteiger partial charge on any atom is 0.339 e. The summed E-state index contributed by atoms with van der Waals surface area (Å²) in [7, 11) is 1.49. The van der Waals surface area contributed by atoms with E-state index in [2.05, 4.69) is 15.9 Å². The molecule has 0 fully saturated rings. The minimum absolute atomic E-state index is 0.167. The number of hydrogen-bond acceptors (Lipinski definition) is 2. The third-order valence-corrected chi connectivity index (χ3v) is 2.75. The second kappa shape index (κ2) is 4.45. The minimum Gasteiger partial charge on any atom is -0.496 e. The van der Waals surface area contributed by atoms with Gasteiger partial charge in [-0.05, 0) is 17.5 Å². The molecule has 0 saturated carbocycles. The van der Waals surface area contributed by atoms with Crippen LogP contribution >= 0.6 is 15.9 Å². The zero-order chi connectivity index (χ0) is 12.5. The molecule has 3 nitrogen and oxygen atoms in total. The maximum absolute atomic E-state index is 11.1. The van der Waals surface area contributed by atoms with Crippen LogP contribution < -0.4 is 4.74 Å². The topological polar surface area (TPSA) is 46.5 Å². The largest absolute Gasteiger partial charge is 0.496 e. The van der Waals surface area contributed by atoms with Gasteiger partial charge in [0.2, 0.25) is 0 Å². The molecule has 88 valence electrons. The summed E-state index contributed by atoms with van der Waals surface area (Å²) in [6.45, 7) is 6.05. The van der Waals surface area contributed by atoms with Crippen molar-refractivity contribution in [1.29, 1.82) is 0 Å². The molecule has 0 aliphatic carbocycles. The third kappa shape index (κ3) is 2.55. The molecule has 0 atom stereocenters. The Morgan fingerprint density at radius 1 is 1.38 bits per heavy atom. The highest BCUT2D eigenvalue weighted by Gasteiger charge is 2.24. The van der Waals surface area contributed by atoms with Crippen LogP contribution in [0.5, 0.6) is 5.75 Å². The Balaban J connectivity index is 3.55. The average molecular weight is 287 g/mol. The fourth-order valence-electron chi connectivity index (χ4n) is 1.53. The van der Waals surface area contributed by atoms with Crippen LogP contribution in [0.1, 0.15) is 36.7 Å². The molecule has 0 aliphatic heterocycles. The molecule has 0 heterocycles. The number of halogens is 1. The molecule has 0 unspecified atom stereocenters. The van der Waals surface area contributed by atoms with Crippen LogP contribution in [0.2, 0.25) is 0 Å². The number of methoxy groups -OCH3 is 1. The van der Waals surface area contributed by atoms with Gasteiger partial charge >= 0.3 is 5.97 Å². The van der Waals surface area contributed by atoms with Crippen molar-refractivity contribution in [1.82, 2.24) is 0 Å². The predicted molar refractivity (Wildman–Crippen MR) is 66.4 cm³/mol. The summed E-state index contributed by atoms with van der Waals surface area (Å²) in [5.74, 6) is -0.549. The number of ether oxygens (including phenoxy) is 1. The van der Waals surface area contributed by atoms with E-state index in [1.165, 1.54) is 7.11 Å². The molecule has 1 N–H and O–H groups in total. The van der Waals surface area contributed by atoms with Crippen molar-refractivity contribution in [3.05, 3.63) is 27.7 Å². The SMILES string of the molecule is COc1c(C(=O)O)cc(Br)cc1C(C)(C)C. The molecule has 0 radical (unpaired) electrons. The van der Waals surface area contributed by atoms with Crippen LogP contribution in [0.4, 0.5) is 0 Å². The van der Waals surface area contributed by atoms with Gasteiger partial charge < -0.3 is 9.84 Å². The molecule has 4 heteroatoms. The molecule has 0 saturated heterocycles. The quantitative estimate of drug-likeness (QED) is 0.906. The van der Waals surface area contributed by atoms with E-state index in [0.717, 1.165) is 10.0 Å². The van der Waals surface area contributed by atoms with Crippen molar-refractivity contribution in [2.45, 2.75) is 26.2 Å². The van der Waals surface area contributed by atoms with Gasteiger partial charge in [0.1, 0.15) is 11.3 Å². The van der Waals surface area contributed by atoms with Crippen molar-refractivity contribution in [3.8, 4) is 5.75 Å². The Labute approximate surface area is 104 Å². The Bertz CT molecular complexity index is 419. The fourth-order valence-corrected chi connectivity index (χ4v) is 1.99. The average Bonchev–Trinajstić information content (AvgIpc) is 2.14. The normalized spacial score (nSPS) is 11.3. The summed E-state index contributed by atoms with van der Waals surface area (Å²) >= 11 is 3.32. The van der Waals surface area contributed by atoms with Crippen LogP contribution in [0.25, 0.3) is 0 Å². The number of carboxylic acids is 1.